The van der Waals surface area contributed by atoms with Crippen LogP contribution in [-0.2, 0) is 17.6 Å². The van der Waals surface area contributed by atoms with Crippen molar-refractivity contribution >= 4 is 0 Å². The smallest absolute Gasteiger partial charge is 0.119 e. The second-order valence-corrected chi connectivity index (χ2v) is 14.3. The first-order valence-corrected chi connectivity index (χ1v) is 20.7. The van der Waals surface area contributed by atoms with E-state index in [4.69, 9.17) is 14.2 Å². The van der Waals surface area contributed by atoms with Gasteiger partial charge in [-0.15, -0.1) is 0 Å². The van der Waals surface area contributed by atoms with Gasteiger partial charge in [-0.3, -0.25) is 0 Å². The molecule has 0 heterocycles. The monoisotopic (exact) mass is 722 g/mol. The van der Waals surface area contributed by atoms with Crippen molar-refractivity contribution in [2.75, 3.05) is 26.4 Å². The summed E-state index contributed by atoms with van der Waals surface area (Å²) in [5.74, 6) is 1.56. The van der Waals surface area contributed by atoms with Gasteiger partial charge in [0.25, 0.3) is 0 Å². The fraction of sp³-hybridized carbons (Fsp3) is 0.500. The van der Waals surface area contributed by atoms with Crippen LogP contribution >= 0.6 is 0 Å². The standard InChI is InChI=1S/C48H66O5/c1-3-5-7-9-11-13-17-27-41-37-43(51-35-33-49)29-31-45(41)47(39-23-19-15-20-24-39)53-48(40-25-21-16-22-26-40)46-32-30-44(52-36-34-50)38-42(46)28-18-14-12-10-8-6-4-2/h15-16,19-26,29-32,37-38,47-50H,3-14,17-18,27-28,33-36H2,1-2H3. The molecular formula is C48H66O5. The van der Waals surface area contributed by atoms with Crippen molar-refractivity contribution < 1.29 is 24.4 Å². The number of hydrogen-bond donors (Lipinski definition) is 2. The molecule has 5 nitrogen and oxygen atoms in total. The lowest BCUT2D eigenvalue weighted by molar-refractivity contribution is 0.0298. The van der Waals surface area contributed by atoms with Gasteiger partial charge >= 0.3 is 0 Å². The van der Waals surface area contributed by atoms with E-state index >= 15 is 0 Å². The highest BCUT2D eigenvalue weighted by atomic mass is 16.5. The minimum absolute atomic E-state index is 0.0195. The van der Waals surface area contributed by atoms with Gasteiger partial charge in [-0.1, -0.05) is 164 Å². The second-order valence-electron chi connectivity index (χ2n) is 14.3. The van der Waals surface area contributed by atoms with Crippen molar-refractivity contribution in [3.8, 4) is 11.5 Å². The average Bonchev–Trinajstić information content (AvgIpc) is 3.20. The molecule has 0 saturated carbocycles. The number of aryl methyl sites for hydroxylation is 2. The summed E-state index contributed by atoms with van der Waals surface area (Å²) in [7, 11) is 0. The van der Waals surface area contributed by atoms with Crippen molar-refractivity contribution in [1.29, 1.82) is 0 Å². The Kier molecular flexibility index (Phi) is 20.2. The molecule has 0 bridgehead atoms. The Balaban J connectivity index is 1.72. The average molecular weight is 723 g/mol. The van der Waals surface area contributed by atoms with E-state index in [1.54, 1.807) is 0 Å². The number of ether oxygens (including phenoxy) is 3. The molecule has 2 atom stereocenters. The predicted molar refractivity (Wildman–Crippen MR) is 219 cm³/mol. The van der Waals surface area contributed by atoms with Crippen LogP contribution in [0.3, 0.4) is 0 Å². The molecule has 4 aromatic rings. The summed E-state index contributed by atoms with van der Waals surface area (Å²) in [4.78, 5) is 0. The molecule has 4 aromatic carbocycles. The van der Waals surface area contributed by atoms with E-state index in [1.807, 2.05) is 12.1 Å². The van der Waals surface area contributed by atoms with Crippen LogP contribution in [0.1, 0.15) is 149 Å². The highest BCUT2D eigenvalue weighted by Gasteiger charge is 2.27. The Hall–Kier alpha value is -3.64. The van der Waals surface area contributed by atoms with Crippen molar-refractivity contribution in [2.24, 2.45) is 0 Å². The number of aliphatic hydroxyl groups excluding tert-OH is 2. The molecule has 288 valence electrons. The Morgan fingerprint density at radius 3 is 1.21 bits per heavy atom. The normalized spacial score (nSPS) is 12.5. The first-order valence-electron chi connectivity index (χ1n) is 20.7. The molecule has 2 N–H and O–H groups in total. The van der Waals surface area contributed by atoms with E-state index in [2.05, 4.69) is 98.8 Å². The maximum atomic E-state index is 9.50. The number of benzene rings is 4. The van der Waals surface area contributed by atoms with Gasteiger partial charge in [-0.2, -0.15) is 0 Å². The second kappa shape index (κ2) is 25.4. The lowest BCUT2D eigenvalue weighted by Gasteiger charge is -2.30. The number of aliphatic hydroxyl groups is 2. The summed E-state index contributed by atoms with van der Waals surface area (Å²) in [5, 5.41) is 19.0. The minimum Gasteiger partial charge on any atom is -0.491 e. The lowest BCUT2D eigenvalue weighted by atomic mass is 9.90. The summed E-state index contributed by atoms with van der Waals surface area (Å²) < 4.78 is 19.4. The maximum absolute atomic E-state index is 9.50. The number of rotatable bonds is 28. The van der Waals surface area contributed by atoms with E-state index in [-0.39, 0.29) is 38.6 Å². The lowest BCUT2D eigenvalue weighted by Crippen LogP contribution is -2.16. The van der Waals surface area contributed by atoms with Gasteiger partial charge < -0.3 is 24.4 Å². The Bertz CT molecular complexity index is 1410. The molecule has 0 fully saturated rings. The SMILES string of the molecule is CCCCCCCCCc1cc(OCCO)ccc1C(OC(c1ccccc1)c1ccc(OCCO)cc1CCCCCCCCC)c1ccccc1. The molecule has 0 amide bonds. The first kappa shape index (κ1) is 42.1. The molecule has 0 aliphatic heterocycles. The molecular weight excluding hydrogens is 657 g/mol. The third kappa shape index (κ3) is 14.6. The van der Waals surface area contributed by atoms with Crippen LogP contribution < -0.4 is 9.47 Å². The predicted octanol–water partition coefficient (Wildman–Crippen LogP) is 11.9. The minimum atomic E-state index is -0.329. The number of unbranched alkanes of at least 4 members (excludes halogenated alkanes) is 12. The van der Waals surface area contributed by atoms with Crippen molar-refractivity contribution in [2.45, 2.75) is 129 Å². The Morgan fingerprint density at radius 2 is 0.830 bits per heavy atom. The van der Waals surface area contributed by atoms with Gasteiger partial charge in [0, 0.05) is 0 Å². The highest BCUT2D eigenvalue weighted by Crippen LogP contribution is 2.40. The van der Waals surface area contributed by atoms with E-state index in [0.717, 1.165) is 59.4 Å². The first-order chi connectivity index (χ1) is 26.2. The van der Waals surface area contributed by atoms with Gasteiger partial charge in [-0.25, -0.2) is 0 Å². The fourth-order valence-electron chi connectivity index (χ4n) is 7.22. The molecule has 53 heavy (non-hydrogen) atoms. The third-order valence-corrected chi connectivity index (χ3v) is 10.1. The highest BCUT2D eigenvalue weighted by molar-refractivity contribution is 5.44. The van der Waals surface area contributed by atoms with Crippen LogP contribution in [0.5, 0.6) is 11.5 Å². The molecule has 0 radical (unpaired) electrons. The third-order valence-electron chi connectivity index (χ3n) is 10.1. The zero-order chi connectivity index (χ0) is 37.4. The zero-order valence-corrected chi connectivity index (χ0v) is 32.7. The molecule has 0 aliphatic rings. The Labute approximate surface area is 320 Å². The van der Waals surface area contributed by atoms with E-state index in [0.29, 0.717) is 0 Å². The quantitative estimate of drug-likeness (QED) is 0.0571. The zero-order valence-electron chi connectivity index (χ0n) is 32.7. The summed E-state index contributed by atoms with van der Waals surface area (Å²) in [6.07, 6.45) is 18.7. The van der Waals surface area contributed by atoms with Gasteiger partial charge in [0.15, 0.2) is 0 Å². The fourth-order valence-corrected chi connectivity index (χ4v) is 7.22. The topological polar surface area (TPSA) is 68.2 Å². The van der Waals surface area contributed by atoms with Crippen LogP contribution in [-0.4, -0.2) is 36.6 Å². The maximum Gasteiger partial charge on any atom is 0.119 e. The van der Waals surface area contributed by atoms with Gasteiger partial charge in [0.2, 0.25) is 0 Å². The summed E-state index contributed by atoms with van der Waals surface area (Å²) in [6.45, 7) is 5.03. The molecule has 0 saturated heterocycles. The van der Waals surface area contributed by atoms with Crippen LogP contribution in [0, 0.1) is 0 Å². The molecule has 0 aromatic heterocycles. The van der Waals surface area contributed by atoms with Crippen molar-refractivity contribution in [3.63, 3.8) is 0 Å². The summed E-state index contributed by atoms with van der Waals surface area (Å²) in [5.41, 5.74) is 6.97. The summed E-state index contributed by atoms with van der Waals surface area (Å²) in [6, 6.07) is 33.9. The molecule has 4 rings (SSSR count). The number of hydrogen-bond acceptors (Lipinski definition) is 5. The van der Waals surface area contributed by atoms with Crippen LogP contribution in [0.15, 0.2) is 97.1 Å². The molecule has 5 heteroatoms. The van der Waals surface area contributed by atoms with E-state index < -0.39 is 0 Å². The molecule has 2 unspecified atom stereocenters. The van der Waals surface area contributed by atoms with Gasteiger partial charge in [0.05, 0.1) is 13.2 Å². The van der Waals surface area contributed by atoms with E-state index in [9.17, 15) is 10.2 Å². The summed E-state index contributed by atoms with van der Waals surface area (Å²) >= 11 is 0. The van der Waals surface area contributed by atoms with Crippen LogP contribution in [0.2, 0.25) is 0 Å². The van der Waals surface area contributed by atoms with Crippen LogP contribution in [0.4, 0.5) is 0 Å². The Morgan fingerprint density at radius 1 is 0.453 bits per heavy atom. The van der Waals surface area contributed by atoms with Gasteiger partial charge in [0.1, 0.15) is 36.9 Å². The van der Waals surface area contributed by atoms with Crippen molar-refractivity contribution in [3.05, 3.63) is 130 Å². The van der Waals surface area contributed by atoms with Gasteiger partial charge in [-0.05, 0) is 83.3 Å². The van der Waals surface area contributed by atoms with Crippen LogP contribution in [0.25, 0.3) is 0 Å². The van der Waals surface area contributed by atoms with Crippen molar-refractivity contribution in [1.82, 2.24) is 0 Å². The largest absolute Gasteiger partial charge is 0.491 e. The van der Waals surface area contributed by atoms with E-state index in [1.165, 1.54) is 88.2 Å². The molecule has 0 spiro atoms. The molecule has 0 aliphatic carbocycles.